The Morgan fingerprint density at radius 1 is 1.14 bits per heavy atom. The zero-order valence-electron chi connectivity index (χ0n) is 16.2. The van der Waals surface area contributed by atoms with Crippen molar-refractivity contribution >= 4 is 21.6 Å². The van der Waals surface area contributed by atoms with E-state index >= 15 is 0 Å². The Kier molecular flexibility index (Phi) is 6.36. The van der Waals surface area contributed by atoms with Gasteiger partial charge in [0.25, 0.3) is 5.91 Å². The maximum absolute atomic E-state index is 12.9. The van der Waals surface area contributed by atoms with Gasteiger partial charge in [-0.05, 0) is 63.1 Å². The Morgan fingerprint density at radius 3 is 2.54 bits per heavy atom. The largest absolute Gasteiger partial charge is 0.493 e. The zero-order chi connectivity index (χ0) is 20.1. The van der Waals surface area contributed by atoms with Crippen LogP contribution in [0.3, 0.4) is 0 Å². The summed E-state index contributed by atoms with van der Waals surface area (Å²) in [7, 11) is -3.52. The average Bonchev–Trinajstić information content (AvgIpc) is 2.69. The van der Waals surface area contributed by atoms with E-state index in [-0.39, 0.29) is 16.8 Å². The van der Waals surface area contributed by atoms with Crippen LogP contribution in [0.15, 0.2) is 53.4 Å². The third-order valence-electron chi connectivity index (χ3n) is 4.89. The molecule has 28 heavy (non-hydrogen) atoms. The molecule has 1 heterocycles. The number of piperidine rings is 1. The van der Waals surface area contributed by atoms with Crippen LogP contribution < -0.4 is 10.1 Å². The van der Waals surface area contributed by atoms with Crippen molar-refractivity contribution in [3.8, 4) is 5.75 Å². The molecule has 7 heteroatoms. The number of hydrogen-bond acceptors (Lipinski definition) is 4. The number of nitrogens with zero attached hydrogens (tertiary/aromatic N) is 1. The third kappa shape index (κ3) is 4.36. The molecule has 0 radical (unpaired) electrons. The van der Waals surface area contributed by atoms with Crippen molar-refractivity contribution in [2.45, 2.75) is 44.0 Å². The molecule has 0 saturated carbocycles. The summed E-state index contributed by atoms with van der Waals surface area (Å²) >= 11 is 0. The van der Waals surface area contributed by atoms with E-state index in [0.717, 1.165) is 19.3 Å². The van der Waals surface area contributed by atoms with Crippen LogP contribution in [0, 0.1) is 0 Å². The van der Waals surface area contributed by atoms with Crippen molar-refractivity contribution < 1.29 is 17.9 Å². The number of anilines is 1. The van der Waals surface area contributed by atoms with Gasteiger partial charge in [-0.1, -0.05) is 18.6 Å². The number of carbonyl (C=O) groups is 1. The number of sulfonamides is 1. The van der Waals surface area contributed by atoms with Gasteiger partial charge < -0.3 is 10.1 Å². The highest BCUT2D eigenvalue weighted by Gasteiger charge is 2.30. The SMILES string of the molecule is CCOc1ccccc1C(=O)Nc1ccc(S(=O)(=O)N2CCCC[C@H]2C)cc1. The molecular formula is C21H26N2O4S. The van der Waals surface area contributed by atoms with E-state index in [0.29, 0.717) is 30.2 Å². The normalized spacial score (nSPS) is 17.9. The monoisotopic (exact) mass is 402 g/mol. The van der Waals surface area contributed by atoms with Crippen molar-refractivity contribution in [2.24, 2.45) is 0 Å². The van der Waals surface area contributed by atoms with E-state index in [1.54, 1.807) is 46.8 Å². The minimum Gasteiger partial charge on any atom is -0.493 e. The highest BCUT2D eigenvalue weighted by molar-refractivity contribution is 7.89. The molecule has 0 bridgehead atoms. The van der Waals surface area contributed by atoms with Gasteiger partial charge in [0.1, 0.15) is 5.75 Å². The summed E-state index contributed by atoms with van der Waals surface area (Å²) in [5, 5.41) is 2.80. The number of rotatable bonds is 6. The average molecular weight is 403 g/mol. The minimum absolute atomic E-state index is 0.00759. The first kappa shape index (κ1) is 20.4. The number of amides is 1. The molecule has 3 rings (SSSR count). The summed E-state index contributed by atoms with van der Waals surface area (Å²) in [6.07, 6.45) is 2.82. The third-order valence-corrected chi connectivity index (χ3v) is 6.92. The fourth-order valence-corrected chi connectivity index (χ4v) is 5.11. The Balaban J connectivity index is 1.75. The summed E-state index contributed by atoms with van der Waals surface area (Å²) in [6.45, 7) is 4.82. The van der Waals surface area contributed by atoms with Crippen molar-refractivity contribution in [2.75, 3.05) is 18.5 Å². The van der Waals surface area contributed by atoms with Gasteiger partial charge in [0.05, 0.1) is 17.1 Å². The van der Waals surface area contributed by atoms with Gasteiger partial charge in [-0.15, -0.1) is 0 Å². The second-order valence-corrected chi connectivity index (χ2v) is 8.76. The second-order valence-electron chi connectivity index (χ2n) is 6.87. The van der Waals surface area contributed by atoms with Gasteiger partial charge in [0, 0.05) is 18.3 Å². The molecule has 1 saturated heterocycles. The molecule has 1 N–H and O–H groups in total. The van der Waals surface area contributed by atoms with E-state index < -0.39 is 10.0 Å². The fraction of sp³-hybridized carbons (Fsp3) is 0.381. The Bertz CT molecular complexity index is 926. The van der Waals surface area contributed by atoms with E-state index in [1.807, 2.05) is 19.9 Å². The van der Waals surface area contributed by atoms with Crippen LogP contribution in [0.25, 0.3) is 0 Å². The highest BCUT2D eigenvalue weighted by atomic mass is 32.2. The summed E-state index contributed by atoms with van der Waals surface area (Å²) in [4.78, 5) is 12.8. The predicted octanol–water partition coefficient (Wildman–Crippen LogP) is 3.90. The molecule has 1 atom stereocenters. The van der Waals surface area contributed by atoms with Crippen LogP contribution >= 0.6 is 0 Å². The molecule has 6 nitrogen and oxygen atoms in total. The summed E-state index contributed by atoms with van der Waals surface area (Å²) in [6, 6.07) is 13.3. The lowest BCUT2D eigenvalue weighted by Gasteiger charge is -2.32. The quantitative estimate of drug-likeness (QED) is 0.795. The molecule has 1 aliphatic rings. The minimum atomic E-state index is -3.52. The number of benzene rings is 2. The molecule has 2 aromatic carbocycles. The molecule has 0 unspecified atom stereocenters. The first-order valence-electron chi connectivity index (χ1n) is 9.58. The van der Waals surface area contributed by atoms with Gasteiger partial charge in [-0.25, -0.2) is 8.42 Å². The first-order valence-corrected chi connectivity index (χ1v) is 11.0. The Morgan fingerprint density at radius 2 is 1.86 bits per heavy atom. The molecule has 1 aliphatic heterocycles. The summed E-state index contributed by atoms with van der Waals surface area (Å²) in [5.41, 5.74) is 0.963. The van der Waals surface area contributed by atoms with Gasteiger partial charge in [0.2, 0.25) is 10.0 Å². The van der Waals surface area contributed by atoms with Crippen LogP contribution in [-0.4, -0.2) is 37.8 Å². The van der Waals surface area contributed by atoms with Gasteiger partial charge >= 0.3 is 0 Å². The van der Waals surface area contributed by atoms with Crippen molar-refractivity contribution in [3.05, 3.63) is 54.1 Å². The van der Waals surface area contributed by atoms with Crippen LogP contribution in [0.4, 0.5) is 5.69 Å². The zero-order valence-corrected chi connectivity index (χ0v) is 17.0. The molecule has 2 aromatic rings. The number of nitrogens with one attached hydrogen (secondary N) is 1. The van der Waals surface area contributed by atoms with E-state index in [2.05, 4.69) is 5.32 Å². The summed E-state index contributed by atoms with van der Waals surface area (Å²) < 4.78 is 32.8. The lowest BCUT2D eigenvalue weighted by molar-refractivity contribution is 0.102. The van der Waals surface area contributed by atoms with E-state index in [4.69, 9.17) is 4.74 Å². The fourth-order valence-electron chi connectivity index (χ4n) is 3.41. The molecule has 1 amide bonds. The van der Waals surface area contributed by atoms with Crippen molar-refractivity contribution in [1.82, 2.24) is 4.31 Å². The molecule has 1 fully saturated rings. The summed E-state index contributed by atoms with van der Waals surface area (Å²) in [5.74, 6) is 0.213. The smallest absolute Gasteiger partial charge is 0.259 e. The van der Waals surface area contributed by atoms with Gasteiger partial charge in [-0.3, -0.25) is 4.79 Å². The van der Waals surface area contributed by atoms with E-state index in [9.17, 15) is 13.2 Å². The topological polar surface area (TPSA) is 75.7 Å². The van der Waals surface area contributed by atoms with Crippen LogP contribution in [0.5, 0.6) is 5.75 Å². The number of hydrogen-bond donors (Lipinski definition) is 1. The molecule has 0 aliphatic carbocycles. The highest BCUT2D eigenvalue weighted by Crippen LogP contribution is 2.26. The van der Waals surface area contributed by atoms with Gasteiger partial charge in [-0.2, -0.15) is 4.31 Å². The maximum Gasteiger partial charge on any atom is 0.259 e. The first-order chi connectivity index (χ1) is 13.4. The standard InChI is InChI=1S/C21H26N2O4S/c1-3-27-20-10-5-4-9-19(20)21(24)22-17-11-13-18(14-12-17)28(25,26)23-15-7-6-8-16(23)2/h4-5,9-14,16H,3,6-8,15H2,1-2H3,(H,22,24)/t16-/m1/s1. The lowest BCUT2D eigenvalue weighted by atomic mass is 10.1. The van der Waals surface area contributed by atoms with Crippen molar-refractivity contribution in [3.63, 3.8) is 0 Å². The van der Waals surface area contributed by atoms with Gasteiger partial charge in [0.15, 0.2) is 0 Å². The molecular weight excluding hydrogens is 376 g/mol. The second kappa shape index (κ2) is 8.75. The lowest BCUT2D eigenvalue weighted by Crippen LogP contribution is -2.41. The maximum atomic E-state index is 12.9. The number of carbonyl (C=O) groups excluding carboxylic acids is 1. The van der Waals surface area contributed by atoms with Crippen LogP contribution in [-0.2, 0) is 10.0 Å². The van der Waals surface area contributed by atoms with Crippen LogP contribution in [0.2, 0.25) is 0 Å². The molecule has 0 spiro atoms. The molecule has 0 aromatic heterocycles. The number of ether oxygens (including phenoxy) is 1. The molecule has 150 valence electrons. The van der Waals surface area contributed by atoms with E-state index in [1.165, 1.54) is 0 Å². The van der Waals surface area contributed by atoms with Crippen molar-refractivity contribution in [1.29, 1.82) is 0 Å². The Labute approximate surface area is 166 Å². The number of para-hydroxylation sites is 1. The Hall–Kier alpha value is -2.38. The van der Waals surface area contributed by atoms with Crippen LogP contribution in [0.1, 0.15) is 43.5 Å². The predicted molar refractivity (Wildman–Crippen MR) is 109 cm³/mol.